The SMILES string of the molecule is CCCC1=CCC(C(=O)O)[C@@H]1CCC=C=CC(C(=O)O)C1CCCCC1. The molecule has 4 nitrogen and oxygen atoms in total. The average molecular weight is 360 g/mol. The molecule has 4 heteroatoms. The summed E-state index contributed by atoms with van der Waals surface area (Å²) in [6.45, 7) is 2.12. The second-order valence-corrected chi connectivity index (χ2v) is 7.69. The van der Waals surface area contributed by atoms with Gasteiger partial charge in [0.1, 0.15) is 0 Å². The lowest BCUT2D eigenvalue weighted by Gasteiger charge is -2.24. The normalized spacial score (nSPS) is 24.4. The van der Waals surface area contributed by atoms with Crippen LogP contribution in [0.1, 0.15) is 71.1 Å². The number of aliphatic carboxylic acids is 2. The Morgan fingerprint density at radius 2 is 2.00 bits per heavy atom. The van der Waals surface area contributed by atoms with Crippen LogP contribution in [0.25, 0.3) is 0 Å². The van der Waals surface area contributed by atoms with Crippen LogP contribution in [0.15, 0.2) is 29.5 Å². The summed E-state index contributed by atoms with van der Waals surface area (Å²) in [4.78, 5) is 23.0. The topological polar surface area (TPSA) is 74.6 Å². The second kappa shape index (κ2) is 10.4. The third-order valence-corrected chi connectivity index (χ3v) is 5.91. The summed E-state index contributed by atoms with van der Waals surface area (Å²) in [6.07, 6.45) is 15.3. The van der Waals surface area contributed by atoms with Crippen LogP contribution in [0.2, 0.25) is 0 Å². The molecule has 2 aliphatic rings. The molecule has 144 valence electrons. The zero-order valence-corrected chi connectivity index (χ0v) is 15.8. The zero-order valence-electron chi connectivity index (χ0n) is 15.8. The van der Waals surface area contributed by atoms with Crippen LogP contribution in [-0.2, 0) is 9.59 Å². The Morgan fingerprint density at radius 1 is 1.27 bits per heavy atom. The number of allylic oxidation sites excluding steroid dienone is 2. The van der Waals surface area contributed by atoms with Gasteiger partial charge in [0.05, 0.1) is 11.8 Å². The highest BCUT2D eigenvalue weighted by Crippen LogP contribution is 2.38. The molecule has 1 saturated carbocycles. The van der Waals surface area contributed by atoms with Gasteiger partial charge in [-0.1, -0.05) is 44.3 Å². The van der Waals surface area contributed by atoms with Crippen molar-refractivity contribution in [1.29, 1.82) is 0 Å². The smallest absolute Gasteiger partial charge is 0.311 e. The highest BCUT2D eigenvalue weighted by Gasteiger charge is 2.33. The van der Waals surface area contributed by atoms with Gasteiger partial charge in [-0.05, 0) is 62.5 Å². The average Bonchev–Trinajstić information content (AvgIpc) is 3.02. The highest BCUT2D eigenvalue weighted by molar-refractivity contribution is 5.72. The summed E-state index contributed by atoms with van der Waals surface area (Å²) < 4.78 is 0. The standard InChI is InChI=1S/C22H32O4/c1-2-9-16-14-15-20(22(25)26)18(16)12-7-4-8-13-19(21(23)24)17-10-5-3-6-11-17/h4,13-14,17-20H,2-3,5-7,9-12,15H2,1H3,(H,23,24)(H,25,26)/t8?,18-,19?,20?/m1/s1. The van der Waals surface area contributed by atoms with Crippen molar-refractivity contribution >= 4 is 11.9 Å². The Bertz CT molecular complexity index is 577. The van der Waals surface area contributed by atoms with Crippen LogP contribution in [0.3, 0.4) is 0 Å². The predicted octanol–water partition coefficient (Wildman–Crippen LogP) is 5.21. The quantitative estimate of drug-likeness (QED) is 0.437. The van der Waals surface area contributed by atoms with Gasteiger partial charge in [-0.15, -0.1) is 5.73 Å². The zero-order chi connectivity index (χ0) is 18.9. The van der Waals surface area contributed by atoms with Crippen molar-refractivity contribution in [3.63, 3.8) is 0 Å². The van der Waals surface area contributed by atoms with Gasteiger partial charge in [-0.3, -0.25) is 9.59 Å². The molecule has 2 N–H and O–H groups in total. The Labute approximate surface area is 156 Å². The van der Waals surface area contributed by atoms with E-state index in [0.717, 1.165) is 51.4 Å². The molecule has 2 aliphatic carbocycles. The van der Waals surface area contributed by atoms with E-state index in [4.69, 9.17) is 0 Å². The molecule has 26 heavy (non-hydrogen) atoms. The van der Waals surface area contributed by atoms with Gasteiger partial charge in [0.15, 0.2) is 0 Å². The van der Waals surface area contributed by atoms with E-state index in [1.807, 2.05) is 6.08 Å². The first kappa shape index (κ1) is 20.5. The number of carbonyl (C=O) groups is 2. The fourth-order valence-electron chi connectivity index (χ4n) is 4.51. The van der Waals surface area contributed by atoms with Crippen LogP contribution in [0.4, 0.5) is 0 Å². The molecule has 0 radical (unpaired) electrons. The molecule has 2 rings (SSSR count). The lowest BCUT2D eigenvalue weighted by molar-refractivity contribution is -0.143. The molecule has 2 unspecified atom stereocenters. The lowest BCUT2D eigenvalue weighted by Crippen LogP contribution is -2.23. The van der Waals surface area contributed by atoms with Gasteiger partial charge in [0.2, 0.25) is 0 Å². The maximum Gasteiger partial charge on any atom is 0.311 e. The van der Waals surface area contributed by atoms with Crippen molar-refractivity contribution in [2.24, 2.45) is 23.7 Å². The number of carboxylic acids is 2. The monoisotopic (exact) mass is 360 g/mol. The van der Waals surface area contributed by atoms with Crippen molar-refractivity contribution in [2.45, 2.75) is 71.1 Å². The summed E-state index contributed by atoms with van der Waals surface area (Å²) in [6, 6.07) is 0. The molecular weight excluding hydrogens is 328 g/mol. The summed E-state index contributed by atoms with van der Waals surface area (Å²) in [5.74, 6) is -1.87. The Morgan fingerprint density at radius 3 is 2.62 bits per heavy atom. The Kier molecular flexibility index (Phi) is 8.18. The predicted molar refractivity (Wildman–Crippen MR) is 102 cm³/mol. The van der Waals surface area contributed by atoms with Crippen molar-refractivity contribution in [3.8, 4) is 0 Å². The van der Waals surface area contributed by atoms with E-state index in [9.17, 15) is 19.8 Å². The van der Waals surface area contributed by atoms with E-state index in [0.29, 0.717) is 6.42 Å². The van der Waals surface area contributed by atoms with Crippen molar-refractivity contribution in [1.82, 2.24) is 0 Å². The molecule has 3 atom stereocenters. The van der Waals surface area contributed by atoms with E-state index in [1.54, 1.807) is 6.08 Å². The first-order valence-electron chi connectivity index (χ1n) is 10.1. The van der Waals surface area contributed by atoms with E-state index in [1.165, 1.54) is 12.0 Å². The first-order valence-corrected chi connectivity index (χ1v) is 10.1. The second-order valence-electron chi connectivity index (χ2n) is 7.69. The fraction of sp³-hybridized carbons (Fsp3) is 0.682. The van der Waals surface area contributed by atoms with Gasteiger partial charge in [-0.2, -0.15) is 0 Å². The molecule has 0 saturated heterocycles. The minimum absolute atomic E-state index is 0.110. The van der Waals surface area contributed by atoms with Gasteiger partial charge in [-0.25, -0.2) is 0 Å². The highest BCUT2D eigenvalue weighted by atomic mass is 16.4. The van der Waals surface area contributed by atoms with Crippen molar-refractivity contribution in [2.75, 3.05) is 0 Å². The lowest BCUT2D eigenvalue weighted by atomic mass is 9.80. The summed E-state index contributed by atoms with van der Waals surface area (Å²) in [7, 11) is 0. The number of carboxylic acid groups (broad SMARTS) is 2. The molecule has 0 aromatic heterocycles. The molecule has 0 bridgehead atoms. The Balaban J connectivity index is 1.92. The van der Waals surface area contributed by atoms with Crippen LogP contribution < -0.4 is 0 Å². The summed E-state index contributed by atoms with van der Waals surface area (Å²) in [5.41, 5.74) is 4.36. The first-order chi connectivity index (χ1) is 12.5. The fourth-order valence-corrected chi connectivity index (χ4v) is 4.51. The summed E-state index contributed by atoms with van der Waals surface area (Å²) in [5, 5.41) is 18.9. The largest absolute Gasteiger partial charge is 0.481 e. The van der Waals surface area contributed by atoms with E-state index in [2.05, 4.69) is 18.7 Å². The molecule has 0 heterocycles. The van der Waals surface area contributed by atoms with Crippen LogP contribution in [-0.4, -0.2) is 22.2 Å². The minimum atomic E-state index is -0.757. The number of rotatable bonds is 9. The molecular formula is C22H32O4. The maximum atomic E-state index is 11.5. The Hall–Kier alpha value is -1.80. The molecule has 0 amide bonds. The van der Waals surface area contributed by atoms with Gasteiger partial charge < -0.3 is 10.2 Å². The van der Waals surface area contributed by atoms with Gasteiger partial charge in [0, 0.05) is 0 Å². The summed E-state index contributed by atoms with van der Waals surface area (Å²) >= 11 is 0. The maximum absolute atomic E-state index is 11.5. The van der Waals surface area contributed by atoms with Crippen LogP contribution in [0.5, 0.6) is 0 Å². The van der Waals surface area contributed by atoms with Crippen molar-refractivity contribution < 1.29 is 19.8 Å². The molecule has 1 fully saturated rings. The third-order valence-electron chi connectivity index (χ3n) is 5.91. The minimum Gasteiger partial charge on any atom is -0.481 e. The van der Waals surface area contributed by atoms with E-state index in [-0.39, 0.29) is 17.8 Å². The molecule has 0 spiro atoms. The number of hydrogen-bond donors (Lipinski definition) is 2. The van der Waals surface area contributed by atoms with E-state index >= 15 is 0 Å². The van der Waals surface area contributed by atoms with Crippen molar-refractivity contribution in [3.05, 3.63) is 29.5 Å². The molecule has 0 aromatic carbocycles. The molecule has 0 aromatic rings. The van der Waals surface area contributed by atoms with Gasteiger partial charge in [0.25, 0.3) is 0 Å². The van der Waals surface area contributed by atoms with Crippen LogP contribution >= 0.6 is 0 Å². The molecule has 0 aliphatic heterocycles. The third kappa shape index (κ3) is 5.60. The van der Waals surface area contributed by atoms with Crippen LogP contribution in [0, 0.1) is 23.7 Å². The number of hydrogen-bond acceptors (Lipinski definition) is 2. The van der Waals surface area contributed by atoms with Gasteiger partial charge >= 0.3 is 11.9 Å². The van der Waals surface area contributed by atoms with E-state index < -0.39 is 17.9 Å².